The Kier molecular flexibility index (Phi) is 5.20. The Hall–Kier alpha value is -3.00. The first-order valence-corrected chi connectivity index (χ1v) is 7.99. The second kappa shape index (κ2) is 7.71. The van der Waals surface area contributed by atoms with E-state index in [9.17, 15) is 4.79 Å². The van der Waals surface area contributed by atoms with Gasteiger partial charge in [-0.25, -0.2) is 9.78 Å². The predicted octanol–water partition coefficient (Wildman–Crippen LogP) is 3.14. The van der Waals surface area contributed by atoms with Gasteiger partial charge in [-0.2, -0.15) is 5.11 Å². The quantitative estimate of drug-likeness (QED) is 0.650. The molecule has 0 saturated carbocycles. The first-order chi connectivity index (χ1) is 12.1. The molecule has 2 aromatic rings. The van der Waals surface area contributed by atoms with E-state index in [1.165, 1.54) is 6.07 Å². The van der Waals surface area contributed by atoms with E-state index in [-0.39, 0.29) is 23.1 Å². The van der Waals surface area contributed by atoms with Crippen molar-refractivity contribution in [2.75, 3.05) is 18.1 Å². The van der Waals surface area contributed by atoms with E-state index in [0.717, 1.165) is 12.8 Å². The fourth-order valence-corrected chi connectivity index (χ4v) is 2.38. The number of anilines is 2. The molecule has 130 valence electrons. The van der Waals surface area contributed by atoms with E-state index >= 15 is 0 Å². The summed E-state index contributed by atoms with van der Waals surface area (Å²) in [5, 5.41) is 8.13. The lowest BCUT2D eigenvalue weighted by Crippen LogP contribution is -2.32. The maximum absolute atomic E-state index is 12.2. The summed E-state index contributed by atoms with van der Waals surface area (Å²) in [6.07, 6.45) is 1.91. The van der Waals surface area contributed by atoms with E-state index in [1.807, 2.05) is 18.2 Å². The monoisotopic (exact) mass is 341 g/mol. The maximum Gasteiger partial charge on any atom is 0.340 e. The van der Waals surface area contributed by atoms with Gasteiger partial charge in [0, 0.05) is 12.7 Å². The summed E-state index contributed by atoms with van der Waals surface area (Å²) in [4.78, 5) is 16.1. The van der Waals surface area contributed by atoms with Crippen LogP contribution in [0.3, 0.4) is 0 Å². The summed E-state index contributed by atoms with van der Waals surface area (Å²) in [5.74, 6) is -0.287. The zero-order chi connectivity index (χ0) is 17.6. The minimum Gasteiger partial charge on any atom is -0.421 e. The number of hydrogen-bond donors (Lipinski definition) is 2. The minimum absolute atomic E-state index is 0.0142. The molecule has 1 atom stereocenters. The molecule has 1 aromatic carbocycles. The number of pyridine rings is 1. The number of carbonyl (C=O) groups excluding carboxylic acids is 1. The molecule has 0 bridgehead atoms. The lowest BCUT2D eigenvalue weighted by molar-refractivity contribution is -0.150. The molecule has 0 spiro atoms. The Bertz CT molecular complexity index is 773. The number of carbonyl (C=O) groups is 1. The fourth-order valence-electron chi connectivity index (χ4n) is 2.38. The first-order valence-electron chi connectivity index (χ1n) is 7.99. The van der Waals surface area contributed by atoms with Gasteiger partial charge in [0.2, 0.25) is 0 Å². The number of aromatic nitrogens is 1. The highest BCUT2D eigenvalue weighted by Crippen LogP contribution is 2.32. The smallest absolute Gasteiger partial charge is 0.340 e. The van der Waals surface area contributed by atoms with Gasteiger partial charge in [0.1, 0.15) is 5.69 Å². The van der Waals surface area contributed by atoms with Gasteiger partial charge in [0.25, 0.3) is 0 Å². The molecular weight excluding hydrogens is 322 g/mol. The van der Waals surface area contributed by atoms with Crippen LogP contribution < -0.4 is 16.2 Å². The zero-order valence-corrected chi connectivity index (χ0v) is 13.6. The Labute approximate surface area is 144 Å². The Morgan fingerprint density at radius 2 is 1.96 bits per heavy atom. The molecule has 2 heterocycles. The molecule has 0 aliphatic carbocycles. The minimum atomic E-state index is -0.583. The number of nitrogen functional groups attached to an aromatic ring is 2. The molecule has 25 heavy (non-hydrogen) atoms. The highest BCUT2D eigenvalue weighted by atomic mass is 16.6. The van der Waals surface area contributed by atoms with Gasteiger partial charge in [0.05, 0.1) is 5.69 Å². The summed E-state index contributed by atoms with van der Waals surface area (Å²) in [6, 6.07) is 10.6. The normalized spacial score (nSPS) is 17.5. The molecule has 1 aromatic heterocycles. The van der Waals surface area contributed by atoms with Crippen LogP contribution >= 0.6 is 0 Å². The first kappa shape index (κ1) is 16.8. The van der Waals surface area contributed by atoms with Crippen LogP contribution in [0.2, 0.25) is 0 Å². The molecule has 1 aliphatic heterocycles. The van der Waals surface area contributed by atoms with E-state index in [0.29, 0.717) is 18.7 Å². The van der Waals surface area contributed by atoms with Crippen LogP contribution in [0.5, 0.6) is 5.75 Å². The third-order valence-corrected chi connectivity index (χ3v) is 3.71. The molecule has 1 unspecified atom stereocenters. The highest BCUT2D eigenvalue weighted by molar-refractivity contribution is 5.79. The van der Waals surface area contributed by atoms with Crippen molar-refractivity contribution in [2.24, 2.45) is 10.2 Å². The predicted molar refractivity (Wildman–Crippen MR) is 92.9 cm³/mol. The van der Waals surface area contributed by atoms with Crippen LogP contribution in [-0.4, -0.2) is 23.7 Å². The topological polar surface area (TPSA) is 125 Å². The van der Waals surface area contributed by atoms with E-state index in [4.69, 9.17) is 20.9 Å². The van der Waals surface area contributed by atoms with Gasteiger partial charge in [-0.3, -0.25) is 0 Å². The second-order valence-electron chi connectivity index (χ2n) is 5.59. The second-order valence-corrected chi connectivity index (χ2v) is 5.59. The lowest BCUT2D eigenvalue weighted by atomic mass is 10.1. The molecule has 8 heteroatoms. The van der Waals surface area contributed by atoms with Crippen LogP contribution in [0.1, 0.15) is 19.3 Å². The average Bonchev–Trinajstić information content (AvgIpc) is 2.64. The molecule has 1 fully saturated rings. The Morgan fingerprint density at radius 3 is 2.68 bits per heavy atom. The zero-order valence-electron chi connectivity index (χ0n) is 13.6. The Morgan fingerprint density at radius 1 is 1.16 bits per heavy atom. The van der Waals surface area contributed by atoms with Gasteiger partial charge in [-0.1, -0.05) is 18.2 Å². The van der Waals surface area contributed by atoms with Gasteiger partial charge in [-0.15, -0.1) is 5.11 Å². The summed E-state index contributed by atoms with van der Waals surface area (Å²) < 4.78 is 10.7. The summed E-state index contributed by atoms with van der Waals surface area (Å²) in [7, 11) is 0. The lowest BCUT2D eigenvalue weighted by Gasteiger charge is -2.21. The molecule has 0 amide bonds. The van der Waals surface area contributed by atoms with E-state index in [2.05, 4.69) is 15.2 Å². The van der Waals surface area contributed by atoms with Gasteiger partial charge < -0.3 is 20.9 Å². The highest BCUT2D eigenvalue weighted by Gasteiger charge is 2.25. The van der Waals surface area contributed by atoms with E-state index < -0.39 is 12.1 Å². The molecule has 8 nitrogen and oxygen atoms in total. The van der Waals surface area contributed by atoms with Gasteiger partial charge in [-0.05, 0) is 31.4 Å². The standard InChI is InChI=1S/C17H19N5O3/c18-15-12(22-21-11-6-2-1-3-7-11)10-14(16(19)20-15)25-17(23)13-8-4-5-9-24-13/h1-3,6-7,10,13H,4-5,8-9H2,(H4,18,19,20)/b22-21+. The average molecular weight is 341 g/mol. The van der Waals surface area contributed by atoms with E-state index in [1.54, 1.807) is 12.1 Å². The molecule has 3 rings (SSSR count). The SMILES string of the molecule is Nc1nc(N)c(OC(=O)C2CCCCO2)cc1/N=N/c1ccccc1. The molecule has 1 aliphatic rings. The maximum atomic E-state index is 12.2. The van der Waals surface area contributed by atoms with Crippen molar-refractivity contribution in [3.05, 3.63) is 36.4 Å². The van der Waals surface area contributed by atoms with Crippen molar-refractivity contribution in [3.8, 4) is 5.75 Å². The van der Waals surface area contributed by atoms with Crippen LogP contribution in [0, 0.1) is 0 Å². The van der Waals surface area contributed by atoms with Crippen molar-refractivity contribution >= 4 is 29.0 Å². The summed E-state index contributed by atoms with van der Waals surface area (Å²) in [5.41, 5.74) is 12.5. The van der Waals surface area contributed by atoms with Crippen LogP contribution in [-0.2, 0) is 9.53 Å². The number of nitrogens with two attached hydrogens (primary N) is 2. The molecular formula is C17H19N5O3. The number of ether oxygens (including phenoxy) is 2. The van der Waals surface area contributed by atoms with Crippen LogP contribution in [0.15, 0.2) is 46.6 Å². The number of azo groups is 1. The largest absolute Gasteiger partial charge is 0.421 e. The van der Waals surface area contributed by atoms with Gasteiger partial charge in [0.15, 0.2) is 23.5 Å². The molecule has 0 radical (unpaired) electrons. The van der Waals surface area contributed by atoms with Crippen molar-refractivity contribution in [1.29, 1.82) is 0 Å². The third kappa shape index (κ3) is 4.30. The summed E-state index contributed by atoms with van der Waals surface area (Å²) in [6.45, 7) is 0.547. The van der Waals surface area contributed by atoms with Crippen molar-refractivity contribution in [3.63, 3.8) is 0 Å². The van der Waals surface area contributed by atoms with Crippen molar-refractivity contribution in [1.82, 2.24) is 4.98 Å². The number of rotatable bonds is 4. The van der Waals surface area contributed by atoms with Gasteiger partial charge >= 0.3 is 5.97 Å². The van der Waals surface area contributed by atoms with Crippen LogP contribution in [0.4, 0.5) is 23.0 Å². The number of nitrogens with zero attached hydrogens (tertiary/aromatic N) is 3. The Balaban J connectivity index is 1.78. The van der Waals surface area contributed by atoms with Crippen LogP contribution in [0.25, 0.3) is 0 Å². The summed E-state index contributed by atoms with van der Waals surface area (Å²) >= 11 is 0. The fraction of sp³-hybridized carbons (Fsp3) is 0.294. The van der Waals surface area contributed by atoms with Crippen molar-refractivity contribution < 1.29 is 14.3 Å². The molecule has 1 saturated heterocycles. The number of hydrogen-bond acceptors (Lipinski definition) is 8. The van der Waals surface area contributed by atoms with Crippen molar-refractivity contribution in [2.45, 2.75) is 25.4 Å². The number of benzene rings is 1. The third-order valence-electron chi connectivity index (χ3n) is 3.71. The molecule has 4 N–H and O–H groups in total. The number of esters is 1.